The largest absolute Gasteiger partial charge is 0.482 e. The van der Waals surface area contributed by atoms with E-state index in [-0.39, 0.29) is 5.75 Å². The van der Waals surface area contributed by atoms with E-state index in [9.17, 15) is 26.7 Å². The van der Waals surface area contributed by atoms with Gasteiger partial charge in [0.25, 0.3) is 0 Å². The van der Waals surface area contributed by atoms with Gasteiger partial charge in [0.15, 0.2) is 6.61 Å². The summed E-state index contributed by atoms with van der Waals surface area (Å²) >= 11 is 0. The van der Waals surface area contributed by atoms with Crippen molar-refractivity contribution in [3.63, 3.8) is 0 Å². The standard InChI is InChI=1S/C10H7F5O3/c11-9(12,10(13,14)15)6-2-1-3-7(4-6)18-5-8(16)17/h1-4H,5H2,(H,16,17). The van der Waals surface area contributed by atoms with Crippen LogP contribution in [0.2, 0.25) is 0 Å². The van der Waals surface area contributed by atoms with E-state index in [0.29, 0.717) is 12.1 Å². The fourth-order valence-electron chi connectivity index (χ4n) is 1.09. The van der Waals surface area contributed by atoms with Crippen molar-refractivity contribution >= 4 is 5.97 Å². The van der Waals surface area contributed by atoms with Crippen molar-refractivity contribution in [2.24, 2.45) is 0 Å². The van der Waals surface area contributed by atoms with Crippen LogP contribution in [0.15, 0.2) is 24.3 Å². The maximum absolute atomic E-state index is 12.9. The van der Waals surface area contributed by atoms with E-state index >= 15 is 0 Å². The minimum Gasteiger partial charge on any atom is -0.482 e. The average Bonchev–Trinajstić information content (AvgIpc) is 2.25. The van der Waals surface area contributed by atoms with Crippen molar-refractivity contribution < 1.29 is 36.6 Å². The zero-order valence-corrected chi connectivity index (χ0v) is 8.67. The molecule has 0 aliphatic carbocycles. The first-order valence-electron chi connectivity index (χ1n) is 4.54. The second-order valence-corrected chi connectivity index (χ2v) is 3.28. The van der Waals surface area contributed by atoms with Gasteiger partial charge in [-0.15, -0.1) is 0 Å². The summed E-state index contributed by atoms with van der Waals surface area (Å²) < 4.78 is 66.6. The Hall–Kier alpha value is -1.86. The number of alkyl halides is 5. The molecule has 0 heterocycles. The number of hydrogen-bond donors (Lipinski definition) is 1. The van der Waals surface area contributed by atoms with Crippen LogP contribution in [-0.2, 0) is 10.7 Å². The molecule has 1 aromatic rings. The molecule has 0 radical (unpaired) electrons. The SMILES string of the molecule is O=C(O)COc1cccc(C(F)(F)C(F)(F)F)c1. The van der Waals surface area contributed by atoms with Crippen LogP contribution in [0.5, 0.6) is 5.75 Å². The van der Waals surface area contributed by atoms with Gasteiger partial charge in [0.2, 0.25) is 0 Å². The topological polar surface area (TPSA) is 46.5 Å². The highest BCUT2D eigenvalue weighted by molar-refractivity contribution is 5.68. The van der Waals surface area contributed by atoms with Gasteiger partial charge in [-0.1, -0.05) is 12.1 Å². The highest BCUT2D eigenvalue weighted by Crippen LogP contribution is 2.44. The third kappa shape index (κ3) is 3.08. The molecule has 1 aromatic carbocycles. The van der Waals surface area contributed by atoms with Crippen molar-refractivity contribution in [1.29, 1.82) is 0 Å². The van der Waals surface area contributed by atoms with Gasteiger partial charge in [-0.2, -0.15) is 22.0 Å². The quantitative estimate of drug-likeness (QED) is 0.856. The number of aliphatic carboxylic acids is 1. The number of carboxylic acids is 1. The first kappa shape index (κ1) is 14.2. The van der Waals surface area contributed by atoms with Crippen LogP contribution in [0.1, 0.15) is 5.56 Å². The molecule has 0 aliphatic rings. The molecule has 100 valence electrons. The Labute approximate surface area is 97.8 Å². The fraction of sp³-hybridized carbons (Fsp3) is 0.300. The highest BCUT2D eigenvalue weighted by atomic mass is 19.4. The van der Waals surface area contributed by atoms with Crippen molar-refractivity contribution in [1.82, 2.24) is 0 Å². The van der Waals surface area contributed by atoms with Gasteiger partial charge in [0.05, 0.1) is 0 Å². The molecule has 0 atom stereocenters. The zero-order valence-electron chi connectivity index (χ0n) is 8.67. The number of benzene rings is 1. The van der Waals surface area contributed by atoms with Crippen LogP contribution in [0, 0.1) is 0 Å². The van der Waals surface area contributed by atoms with Gasteiger partial charge in [-0.25, -0.2) is 4.79 Å². The number of rotatable bonds is 4. The van der Waals surface area contributed by atoms with Crippen LogP contribution in [0.25, 0.3) is 0 Å². The molecule has 18 heavy (non-hydrogen) atoms. The maximum Gasteiger partial charge on any atom is 0.458 e. The van der Waals surface area contributed by atoms with E-state index in [1.54, 1.807) is 0 Å². The molecule has 0 saturated heterocycles. The molecular weight excluding hydrogens is 263 g/mol. The monoisotopic (exact) mass is 270 g/mol. The van der Waals surface area contributed by atoms with Crippen LogP contribution in [0.3, 0.4) is 0 Å². The lowest BCUT2D eigenvalue weighted by atomic mass is 10.1. The Morgan fingerprint density at radius 2 is 1.83 bits per heavy atom. The molecule has 0 fully saturated rings. The van der Waals surface area contributed by atoms with Crippen molar-refractivity contribution in [3.05, 3.63) is 29.8 Å². The Morgan fingerprint density at radius 1 is 1.22 bits per heavy atom. The summed E-state index contributed by atoms with van der Waals surface area (Å²) in [5.74, 6) is -6.77. The van der Waals surface area contributed by atoms with Gasteiger partial charge in [-0.3, -0.25) is 0 Å². The molecule has 0 amide bonds. The summed E-state index contributed by atoms with van der Waals surface area (Å²) in [6.07, 6.45) is -5.72. The molecule has 0 saturated carbocycles. The summed E-state index contributed by atoms with van der Waals surface area (Å²) in [6.45, 7) is -0.832. The van der Waals surface area contributed by atoms with Gasteiger partial charge in [-0.05, 0) is 12.1 Å². The first-order valence-corrected chi connectivity index (χ1v) is 4.54. The second-order valence-electron chi connectivity index (χ2n) is 3.28. The van der Waals surface area contributed by atoms with Gasteiger partial charge >= 0.3 is 18.1 Å². The molecule has 0 aromatic heterocycles. The Bertz CT molecular complexity index is 441. The van der Waals surface area contributed by atoms with Crippen LogP contribution < -0.4 is 4.74 Å². The van der Waals surface area contributed by atoms with Crippen molar-refractivity contribution in [2.45, 2.75) is 12.1 Å². The van der Waals surface area contributed by atoms with Gasteiger partial charge in [0, 0.05) is 5.56 Å². The molecule has 0 unspecified atom stereocenters. The minimum atomic E-state index is -5.72. The minimum absolute atomic E-state index is 0.376. The normalized spacial score (nSPS) is 12.3. The van der Waals surface area contributed by atoms with E-state index in [0.717, 1.165) is 12.1 Å². The highest BCUT2D eigenvalue weighted by Gasteiger charge is 2.58. The van der Waals surface area contributed by atoms with E-state index in [1.165, 1.54) is 0 Å². The van der Waals surface area contributed by atoms with E-state index in [1.807, 2.05) is 0 Å². The first-order chi connectivity index (χ1) is 8.14. The maximum atomic E-state index is 12.9. The molecule has 0 bridgehead atoms. The lowest BCUT2D eigenvalue weighted by Crippen LogP contribution is -2.33. The summed E-state index contributed by atoms with van der Waals surface area (Å²) in [6, 6.07) is 3.04. The van der Waals surface area contributed by atoms with E-state index < -0.39 is 30.2 Å². The van der Waals surface area contributed by atoms with Gasteiger partial charge in [0.1, 0.15) is 5.75 Å². The second kappa shape index (κ2) is 4.79. The third-order valence-corrected chi connectivity index (χ3v) is 1.91. The Balaban J connectivity index is 2.98. The lowest BCUT2D eigenvalue weighted by Gasteiger charge is -2.20. The third-order valence-electron chi connectivity index (χ3n) is 1.91. The molecule has 1 rings (SSSR count). The number of hydrogen-bond acceptors (Lipinski definition) is 2. The summed E-state index contributed by atoms with van der Waals surface area (Å²) in [5.41, 5.74) is -1.31. The van der Waals surface area contributed by atoms with E-state index in [4.69, 9.17) is 5.11 Å². The van der Waals surface area contributed by atoms with Crippen molar-refractivity contribution in [3.8, 4) is 5.75 Å². The van der Waals surface area contributed by atoms with Gasteiger partial charge < -0.3 is 9.84 Å². The molecule has 8 heteroatoms. The van der Waals surface area contributed by atoms with Crippen molar-refractivity contribution in [2.75, 3.05) is 6.61 Å². The number of halogens is 5. The summed E-state index contributed by atoms with van der Waals surface area (Å²) in [7, 11) is 0. The van der Waals surface area contributed by atoms with Crippen LogP contribution in [0.4, 0.5) is 22.0 Å². The molecule has 0 spiro atoms. The predicted octanol–water partition coefficient (Wildman–Crippen LogP) is 2.80. The molecular formula is C10H7F5O3. The molecule has 1 N–H and O–H groups in total. The number of carboxylic acid groups (broad SMARTS) is 1. The summed E-state index contributed by atoms with van der Waals surface area (Å²) in [4.78, 5) is 10.2. The fourth-order valence-corrected chi connectivity index (χ4v) is 1.09. The Kier molecular flexibility index (Phi) is 3.78. The lowest BCUT2D eigenvalue weighted by molar-refractivity contribution is -0.289. The average molecular weight is 270 g/mol. The number of carbonyl (C=O) groups is 1. The van der Waals surface area contributed by atoms with Crippen LogP contribution in [-0.4, -0.2) is 23.9 Å². The summed E-state index contributed by atoms with van der Waals surface area (Å²) in [5, 5.41) is 8.28. The molecule has 0 aliphatic heterocycles. The zero-order chi connectivity index (χ0) is 14.0. The molecule has 3 nitrogen and oxygen atoms in total. The smallest absolute Gasteiger partial charge is 0.458 e. The van der Waals surface area contributed by atoms with Crippen LogP contribution >= 0.6 is 0 Å². The Morgan fingerprint density at radius 3 is 2.33 bits per heavy atom. The predicted molar refractivity (Wildman–Crippen MR) is 49.5 cm³/mol. The number of ether oxygens (including phenoxy) is 1. The van der Waals surface area contributed by atoms with E-state index in [2.05, 4.69) is 4.74 Å².